The quantitative estimate of drug-likeness (QED) is 0.569. The van der Waals surface area contributed by atoms with Crippen molar-refractivity contribution in [2.75, 3.05) is 19.3 Å². The molecule has 1 unspecified atom stereocenters. The molecule has 0 aliphatic heterocycles. The molecule has 66 valence electrons. The van der Waals surface area contributed by atoms with Gasteiger partial charge in [-0.2, -0.15) is 11.8 Å². The van der Waals surface area contributed by atoms with Gasteiger partial charge in [0, 0.05) is 5.25 Å². The maximum absolute atomic E-state index is 10.3. The van der Waals surface area contributed by atoms with E-state index in [2.05, 4.69) is 18.5 Å². The summed E-state index contributed by atoms with van der Waals surface area (Å²) in [4.78, 5) is 10.3. The van der Waals surface area contributed by atoms with Crippen LogP contribution in [0.5, 0.6) is 0 Å². The first-order valence-corrected chi connectivity index (χ1v) is 4.97. The minimum Gasteiger partial charge on any atom is -0.369 e. The van der Waals surface area contributed by atoms with E-state index in [4.69, 9.17) is 5.73 Å². The van der Waals surface area contributed by atoms with Crippen molar-refractivity contribution in [1.29, 1.82) is 0 Å². The molecule has 0 rings (SSSR count). The first-order chi connectivity index (χ1) is 5.16. The van der Waals surface area contributed by atoms with Crippen molar-refractivity contribution in [1.82, 2.24) is 5.32 Å². The summed E-state index contributed by atoms with van der Waals surface area (Å²) in [6.45, 7) is 3.32. The molecule has 11 heavy (non-hydrogen) atoms. The molecule has 0 aromatic carbocycles. The molecule has 1 amide bonds. The smallest absolute Gasteiger partial charge is 0.231 e. The van der Waals surface area contributed by atoms with Crippen LogP contribution in [0.1, 0.15) is 13.3 Å². The minimum atomic E-state index is -0.290. The fourth-order valence-electron chi connectivity index (χ4n) is 0.635. The Labute approximate surface area is 72.1 Å². The SMILES string of the molecule is CSC(C)CCNCC(N)=O. The number of nitrogens with two attached hydrogens (primary N) is 1. The second-order valence-electron chi connectivity index (χ2n) is 2.48. The molecule has 4 heteroatoms. The van der Waals surface area contributed by atoms with Gasteiger partial charge in [-0.05, 0) is 19.2 Å². The van der Waals surface area contributed by atoms with Crippen LogP contribution in [0.2, 0.25) is 0 Å². The molecule has 0 fully saturated rings. The number of carbonyl (C=O) groups excluding carboxylic acids is 1. The third-order valence-corrected chi connectivity index (χ3v) is 2.47. The van der Waals surface area contributed by atoms with Gasteiger partial charge in [-0.25, -0.2) is 0 Å². The van der Waals surface area contributed by atoms with E-state index in [1.165, 1.54) is 0 Å². The molecule has 0 saturated heterocycles. The molecular weight excluding hydrogens is 160 g/mol. The molecule has 0 aliphatic carbocycles. The van der Waals surface area contributed by atoms with Crippen LogP contribution in [0.15, 0.2) is 0 Å². The highest BCUT2D eigenvalue weighted by atomic mass is 32.2. The average Bonchev–Trinajstić information content (AvgIpc) is 1.97. The van der Waals surface area contributed by atoms with E-state index < -0.39 is 0 Å². The van der Waals surface area contributed by atoms with Crippen molar-refractivity contribution in [3.05, 3.63) is 0 Å². The molecule has 0 radical (unpaired) electrons. The van der Waals surface area contributed by atoms with E-state index in [9.17, 15) is 4.79 Å². The summed E-state index contributed by atoms with van der Waals surface area (Å²) < 4.78 is 0. The maximum atomic E-state index is 10.3. The predicted octanol–water partition coefficient (Wildman–Crippen LogP) is 0.203. The van der Waals surface area contributed by atoms with Gasteiger partial charge in [0.1, 0.15) is 0 Å². The second kappa shape index (κ2) is 6.49. The lowest BCUT2D eigenvalue weighted by Crippen LogP contribution is -2.29. The van der Waals surface area contributed by atoms with E-state index in [1.807, 2.05) is 11.8 Å². The first kappa shape index (κ1) is 10.8. The lowest BCUT2D eigenvalue weighted by atomic mass is 10.3. The maximum Gasteiger partial charge on any atom is 0.231 e. The molecule has 3 nitrogen and oxygen atoms in total. The van der Waals surface area contributed by atoms with Gasteiger partial charge in [-0.1, -0.05) is 6.92 Å². The van der Waals surface area contributed by atoms with Gasteiger partial charge in [0.05, 0.1) is 6.54 Å². The van der Waals surface area contributed by atoms with Gasteiger partial charge >= 0.3 is 0 Å². The van der Waals surface area contributed by atoms with E-state index >= 15 is 0 Å². The average molecular weight is 176 g/mol. The Hall–Kier alpha value is -0.220. The van der Waals surface area contributed by atoms with Gasteiger partial charge in [0.25, 0.3) is 0 Å². The summed E-state index contributed by atoms with van der Waals surface area (Å²) in [6, 6.07) is 0. The fourth-order valence-corrected chi connectivity index (χ4v) is 0.988. The van der Waals surface area contributed by atoms with Crippen LogP contribution in [0, 0.1) is 0 Å². The number of nitrogens with one attached hydrogen (secondary N) is 1. The van der Waals surface area contributed by atoms with Gasteiger partial charge in [0.15, 0.2) is 0 Å². The zero-order valence-corrected chi connectivity index (χ0v) is 7.91. The van der Waals surface area contributed by atoms with Crippen molar-refractivity contribution < 1.29 is 4.79 Å². The topological polar surface area (TPSA) is 55.1 Å². The molecule has 0 heterocycles. The summed E-state index contributed by atoms with van der Waals surface area (Å²) in [5.74, 6) is -0.290. The van der Waals surface area contributed by atoms with Crippen LogP contribution < -0.4 is 11.1 Å². The molecule has 0 aromatic rings. The molecule has 0 spiro atoms. The summed E-state index contributed by atoms with van der Waals surface area (Å²) in [6.07, 6.45) is 3.16. The highest BCUT2D eigenvalue weighted by Crippen LogP contribution is 2.07. The number of carbonyl (C=O) groups is 1. The first-order valence-electron chi connectivity index (χ1n) is 3.68. The zero-order valence-electron chi connectivity index (χ0n) is 7.09. The van der Waals surface area contributed by atoms with Crippen molar-refractivity contribution >= 4 is 17.7 Å². The minimum absolute atomic E-state index is 0.290. The van der Waals surface area contributed by atoms with Crippen LogP contribution in [-0.4, -0.2) is 30.5 Å². The predicted molar refractivity (Wildman–Crippen MR) is 49.7 cm³/mol. The van der Waals surface area contributed by atoms with Crippen molar-refractivity contribution in [3.8, 4) is 0 Å². The Bertz CT molecular complexity index is 119. The molecule has 1 atom stereocenters. The lowest BCUT2D eigenvalue weighted by molar-refractivity contribution is -0.117. The highest BCUT2D eigenvalue weighted by molar-refractivity contribution is 7.99. The van der Waals surface area contributed by atoms with Gasteiger partial charge in [-0.15, -0.1) is 0 Å². The Morgan fingerprint density at radius 1 is 1.73 bits per heavy atom. The summed E-state index contributed by atoms with van der Waals surface area (Å²) in [5.41, 5.74) is 4.94. The third-order valence-electron chi connectivity index (χ3n) is 1.43. The molecule has 0 bridgehead atoms. The molecular formula is C7H16N2OS. The van der Waals surface area contributed by atoms with E-state index in [1.54, 1.807) is 0 Å². The van der Waals surface area contributed by atoms with Crippen LogP contribution >= 0.6 is 11.8 Å². The van der Waals surface area contributed by atoms with Crippen molar-refractivity contribution in [3.63, 3.8) is 0 Å². The van der Waals surface area contributed by atoms with Crippen LogP contribution in [-0.2, 0) is 4.79 Å². The number of rotatable bonds is 6. The number of thioether (sulfide) groups is 1. The normalized spacial score (nSPS) is 12.9. The van der Waals surface area contributed by atoms with Crippen LogP contribution in [0.4, 0.5) is 0 Å². The van der Waals surface area contributed by atoms with E-state index in [0.29, 0.717) is 11.8 Å². The molecule has 0 aromatic heterocycles. The second-order valence-corrected chi connectivity index (χ2v) is 3.75. The molecule has 3 N–H and O–H groups in total. The largest absolute Gasteiger partial charge is 0.369 e. The fraction of sp³-hybridized carbons (Fsp3) is 0.857. The van der Waals surface area contributed by atoms with E-state index in [0.717, 1.165) is 13.0 Å². The Balaban J connectivity index is 3.08. The highest BCUT2D eigenvalue weighted by Gasteiger charge is 1.98. The Morgan fingerprint density at radius 3 is 2.82 bits per heavy atom. The number of amides is 1. The molecule has 0 aliphatic rings. The number of primary amides is 1. The Morgan fingerprint density at radius 2 is 2.36 bits per heavy atom. The van der Waals surface area contributed by atoms with Crippen molar-refractivity contribution in [2.24, 2.45) is 5.73 Å². The summed E-state index contributed by atoms with van der Waals surface area (Å²) in [7, 11) is 0. The van der Waals surface area contributed by atoms with Crippen LogP contribution in [0.3, 0.4) is 0 Å². The Kier molecular flexibility index (Phi) is 6.36. The zero-order chi connectivity index (χ0) is 8.69. The van der Waals surface area contributed by atoms with Crippen molar-refractivity contribution in [2.45, 2.75) is 18.6 Å². The monoisotopic (exact) mass is 176 g/mol. The van der Waals surface area contributed by atoms with Crippen LogP contribution in [0.25, 0.3) is 0 Å². The standard InChI is InChI=1S/C7H16N2OS/c1-6(11-2)3-4-9-5-7(8)10/h6,9H,3-5H2,1-2H3,(H2,8,10). The van der Waals surface area contributed by atoms with Gasteiger partial charge in [0.2, 0.25) is 5.91 Å². The van der Waals surface area contributed by atoms with Gasteiger partial charge < -0.3 is 11.1 Å². The molecule has 0 saturated carbocycles. The number of hydrogen-bond acceptors (Lipinski definition) is 3. The van der Waals surface area contributed by atoms with Gasteiger partial charge in [-0.3, -0.25) is 4.79 Å². The lowest BCUT2D eigenvalue weighted by Gasteiger charge is -2.07. The number of hydrogen-bond donors (Lipinski definition) is 2. The third kappa shape index (κ3) is 7.68. The van der Waals surface area contributed by atoms with E-state index in [-0.39, 0.29) is 5.91 Å². The summed E-state index contributed by atoms with van der Waals surface area (Å²) in [5, 5.41) is 3.61. The summed E-state index contributed by atoms with van der Waals surface area (Å²) >= 11 is 1.83.